The fraction of sp³-hybridized carbons (Fsp3) is 0.107. The van der Waals surface area contributed by atoms with Crippen LogP contribution in [0.2, 0.25) is 0 Å². The zero-order chi connectivity index (χ0) is 47.5. The van der Waals surface area contributed by atoms with Gasteiger partial charge in [-0.15, -0.1) is 0 Å². The maximum absolute atomic E-state index is 15.7. The molecule has 0 saturated carbocycles. The fourth-order valence-corrected chi connectivity index (χ4v) is 24.9. The number of hydrogen-bond donors (Lipinski definition) is 0. The van der Waals surface area contributed by atoms with E-state index in [2.05, 4.69) is 0 Å². The molecule has 326 valence electrons. The summed E-state index contributed by atoms with van der Waals surface area (Å²) in [7, 11) is 0. The molecule has 0 radical (unpaired) electrons. The van der Waals surface area contributed by atoms with Gasteiger partial charge in [-0.05, 0) is 0 Å². The second-order valence-corrected chi connectivity index (χ2v) is 30.5. The van der Waals surface area contributed by atoms with Gasteiger partial charge in [-0.2, -0.15) is 0 Å². The van der Waals surface area contributed by atoms with Crippen LogP contribution in [-0.4, -0.2) is 63.5 Å². The van der Waals surface area contributed by atoms with E-state index in [4.69, 9.17) is 0 Å². The molecule has 0 aliphatic rings. The monoisotopic (exact) mass is 994 g/mol. The van der Waals surface area contributed by atoms with Gasteiger partial charge in [0, 0.05) is 0 Å². The molecule has 0 aromatic heterocycles. The van der Waals surface area contributed by atoms with E-state index >= 15 is 38.4 Å². The molecular weight excluding hydrogens is 946 g/mol. The van der Waals surface area contributed by atoms with Crippen molar-refractivity contribution < 1.29 is 38.4 Å². The van der Waals surface area contributed by atoms with Crippen LogP contribution < -0.4 is 0 Å². The number of carbonyl (C=O) groups excluding carboxylic acids is 8. The average molecular weight is 992 g/mol. The first kappa shape index (κ1) is 47.0. The molecule has 0 saturated heterocycles. The quantitative estimate of drug-likeness (QED) is 0.0873. The zero-order valence-electron chi connectivity index (χ0n) is 37.4. The summed E-state index contributed by atoms with van der Waals surface area (Å²) in [6.45, 7) is 10.0. The van der Waals surface area contributed by atoms with Crippen molar-refractivity contribution in [3.8, 4) is 0 Å². The molecule has 0 fully saturated rings. The van der Waals surface area contributed by atoms with Gasteiger partial charge in [-0.25, -0.2) is 0 Å². The second kappa shape index (κ2) is 19.2. The molecule has 0 bridgehead atoms. The van der Waals surface area contributed by atoms with Crippen molar-refractivity contribution in [3.05, 3.63) is 248 Å². The summed E-state index contributed by atoms with van der Waals surface area (Å²) in [6, 6.07) is 44.1. The summed E-state index contributed by atoms with van der Waals surface area (Å²) in [5, 5.41) is 0. The second-order valence-electron chi connectivity index (χ2n) is 16.6. The van der Waals surface area contributed by atoms with E-state index in [1.54, 1.807) is 151 Å². The Kier molecular flexibility index (Phi) is 13.7. The number of rotatable bonds is 16. The van der Waals surface area contributed by atoms with Gasteiger partial charge >= 0.3 is 391 Å². The van der Waals surface area contributed by atoms with Gasteiger partial charge < -0.3 is 0 Å². The molecule has 7 aromatic rings. The van der Waals surface area contributed by atoms with Gasteiger partial charge in [0.25, 0.3) is 0 Å². The first-order chi connectivity index (χ1) is 31.6. The van der Waals surface area contributed by atoms with E-state index < -0.39 is 63.5 Å². The van der Waals surface area contributed by atoms with Crippen molar-refractivity contribution in [1.82, 2.24) is 0 Å². The van der Waals surface area contributed by atoms with Crippen LogP contribution in [0.15, 0.2) is 170 Å². The van der Waals surface area contributed by atoms with Gasteiger partial charge in [-0.3, -0.25) is 0 Å². The number of benzene rings is 7. The zero-order valence-corrected chi connectivity index (χ0v) is 41.6. The van der Waals surface area contributed by atoms with Crippen molar-refractivity contribution in [3.63, 3.8) is 0 Å². The van der Waals surface area contributed by atoms with Crippen LogP contribution in [0, 0.1) is 41.5 Å². The van der Waals surface area contributed by atoms with Crippen LogP contribution in [0.3, 0.4) is 0 Å². The first-order valence-corrected chi connectivity index (χ1v) is 29.8. The maximum atomic E-state index is 15.7. The predicted octanol–water partition coefficient (Wildman–Crippen LogP) is 10.4. The van der Waals surface area contributed by atoms with Crippen LogP contribution >= 0.6 is 0 Å². The molecule has 0 spiro atoms. The Balaban J connectivity index is 1.48. The predicted molar refractivity (Wildman–Crippen MR) is 260 cm³/mol. The Morgan fingerprint density at radius 3 is 0.530 bits per heavy atom. The fourth-order valence-electron chi connectivity index (χ4n) is 8.62. The summed E-state index contributed by atoms with van der Waals surface area (Å²) < 4.78 is -6.97. The minimum absolute atomic E-state index is 0.0681. The standard InChI is InChI=1S/C56H46Ge2O8/c1-35-19-7-13-25-43(35)51(61)57(52(62)44-26-14-8-20-36(44)2,53(63)45-27-15-9-21-37(45)3)49(59)41-31-33-42(34-32-41)50(60)58(54(64)46-28-16-10-22-38(46)4,55(65)47-29-17-11-23-39(47)5)56(66)48-30-18-12-24-40(48)6/h7-34H,1-6H3. The molecular formula is C56H46Ge2O8. The van der Waals surface area contributed by atoms with E-state index in [1.807, 2.05) is 0 Å². The number of aryl methyl sites for hydroxylation is 6. The van der Waals surface area contributed by atoms with Crippen molar-refractivity contribution in [2.45, 2.75) is 41.5 Å². The van der Waals surface area contributed by atoms with E-state index in [0.29, 0.717) is 33.4 Å². The molecule has 66 heavy (non-hydrogen) atoms. The Morgan fingerprint density at radius 1 is 0.227 bits per heavy atom. The van der Waals surface area contributed by atoms with Crippen molar-refractivity contribution in [1.29, 1.82) is 0 Å². The molecule has 0 aliphatic carbocycles. The molecule has 7 rings (SSSR count). The minimum atomic E-state index is -6.16. The molecule has 0 aliphatic heterocycles. The van der Waals surface area contributed by atoms with Gasteiger partial charge in [0.05, 0.1) is 0 Å². The number of hydrogen-bond acceptors (Lipinski definition) is 8. The summed E-state index contributed by atoms with van der Waals surface area (Å²) in [5.41, 5.74) is 2.84. The Morgan fingerprint density at radius 2 is 0.379 bits per heavy atom. The van der Waals surface area contributed by atoms with E-state index in [9.17, 15) is 0 Å². The van der Waals surface area contributed by atoms with E-state index in [1.165, 1.54) is 60.7 Å². The van der Waals surface area contributed by atoms with Crippen LogP contribution in [0.5, 0.6) is 0 Å². The summed E-state index contributed by atoms with van der Waals surface area (Å²) in [5.74, 6) is 0. The third kappa shape index (κ3) is 8.05. The molecule has 0 amide bonds. The van der Waals surface area contributed by atoms with Crippen LogP contribution in [0.1, 0.15) is 116 Å². The average Bonchev–Trinajstić information content (AvgIpc) is 3.32. The van der Waals surface area contributed by atoms with Gasteiger partial charge in [-0.1, -0.05) is 0 Å². The third-order valence-corrected chi connectivity index (χ3v) is 28.5. The van der Waals surface area contributed by atoms with Crippen LogP contribution in [-0.2, 0) is 0 Å². The van der Waals surface area contributed by atoms with Crippen molar-refractivity contribution >= 4 is 63.5 Å². The summed E-state index contributed by atoms with van der Waals surface area (Å²) in [6.07, 6.45) is 0. The molecule has 0 atom stereocenters. The molecule has 0 heterocycles. The van der Waals surface area contributed by atoms with E-state index in [0.717, 1.165) is 0 Å². The van der Waals surface area contributed by atoms with Crippen molar-refractivity contribution in [2.24, 2.45) is 0 Å². The van der Waals surface area contributed by atoms with Crippen LogP contribution in [0.25, 0.3) is 0 Å². The molecule has 10 heteroatoms. The third-order valence-electron chi connectivity index (χ3n) is 12.5. The Labute approximate surface area is 388 Å². The molecule has 0 unspecified atom stereocenters. The molecule has 0 N–H and O–H groups in total. The van der Waals surface area contributed by atoms with Gasteiger partial charge in [0.2, 0.25) is 0 Å². The normalized spacial score (nSPS) is 11.4. The van der Waals surface area contributed by atoms with E-state index in [-0.39, 0.29) is 44.5 Å². The molecule has 7 aromatic carbocycles. The van der Waals surface area contributed by atoms with Crippen molar-refractivity contribution in [2.75, 3.05) is 0 Å². The topological polar surface area (TPSA) is 137 Å². The summed E-state index contributed by atoms with van der Waals surface area (Å²) in [4.78, 5) is 124. The SMILES string of the molecule is Cc1ccccc1[C](=O)[Ge]([C](=O)c1ccc([C](=O)[Ge]([C](=O)c2ccccc2C)([C](=O)c2ccccc2C)[C](=O)c2ccccc2C)cc1)([C](=O)c1ccccc1C)[C](=O)c1ccccc1C. The summed E-state index contributed by atoms with van der Waals surface area (Å²) >= 11 is -12.3. The van der Waals surface area contributed by atoms with Crippen LogP contribution in [0.4, 0.5) is 0 Å². The molecule has 8 nitrogen and oxygen atoms in total. The number of carbonyl (C=O) groups is 8. The van der Waals surface area contributed by atoms with Gasteiger partial charge in [0.1, 0.15) is 0 Å². The first-order valence-electron chi connectivity index (χ1n) is 21.4. The Hall–Kier alpha value is -7.01. The van der Waals surface area contributed by atoms with Gasteiger partial charge in [0.15, 0.2) is 0 Å². The Bertz CT molecular complexity index is 2670.